The van der Waals surface area contributed by atoms with Crippen LogP contribution in [-0.4, -0.2) is 36.9 Å². The normalized spacial score (nSPS) is 11.0. The van der Waals surface area contributed by atoms with Crippen LogP contribution in [0.3, 0.4) is 0 Å². The van der Waals surface area contributed by atoms with Crippen molar-refractivity contribution >= 4 is 40.5 Å². The van der Waals surface area contributed by atoms with Gasteiger partial charge in [-0.2, -0.15) is 0 Å². The van der Waals surface area contributed by atoms with Crippen LogP contribution in [0.15, 0.2) is 40.1 Å². The number of hydrogen-bond acceptors (Lipinski definition) is 5. The number of rotatable bonds is 11. The smallest absolute Gasteiger partial charge is 0.207 e. The molecule has 1 aromatic carbocycles. The number of para-hydroxylation sites is 1. The molecule has 0 saturated carbocycles. The third-order valence-electron chi connectivity index (χ3n) is 5.02. The fourth-order valence-corrected chi connectivity index (χ4v) is 4.10. The molecule has 2 aromatic heterocycles. The van der Waals surface area contributed by atoms with Gasteiger partial charge in [-0.15, -0.1) is 23.7 Å². The van der Waals surface area contributed by atoms with E-state index in [4.69, 9.17) is 9.15 Å². The van der Waals surface area contributed by atoms with Gasteiger partial charge in [0.2, 0.25) is 5.78 Å². The number of benzene rings is 1. The van der Waals surface area contributed by atoms with Gasteiger partial charge in [0.15, 0.2) is 0 Å². The first-order valence-electron chi connectivity index (χ1n) is 10.2. The highest BCUT2D eigenvalue weighted by molar-refractivity contribution is 7.12. The molecule has 0 aliphatic carbocycles. The Balaban J connectivity index is 0.00000300. The molecule has 0 aliphatic rings. The predicted molar refractivity (Wildman–Crippen MR) is 123 cm³/mol. The van der Waals surface area contributed by atoms with Crippen LogP contribution in [0.1, 0.15) is 54.6 Å². The molecule has 6 heteroatoms. The zero-order valence-corrected chi connectivity index (χ0v) is 19.0. The van der Waals surface area contributed by atoms with Crippen molar-refractivity contribution in [1.82, 2.24) is 4.90 Å². The Morgan fingerprint density at radius 1 is 1.17 bits per heavy atom. The second-order valence-electron chi connectivity index (χ2n) is 6.85. The number of ether oxygens (including phenoxy) is 1. The molecule has 0 fully saturated rings. The van der Waals surface area contributed by atoms with Crippen molar-refractivity contribution in [1.29, 1.82) is 0 Å². The van der Waals surface area contributed by atoms with Gasteiger partial charge in [0.05, 0.1) is 10.4 Å². The lowest BCUT2D eigenvalue weighted by molar-refractivity contribution is 0.104. The highest BCUT2D eigenvalue weighted by Crippen LogP contribution is 2.32. The number of carbonyl (C=O) groups is 1. The molecule has 3 rings (SSSR count). The highest BCUT2D eigenvalue weighted by atomic mass is 35.5. The Hall–Kier alpha value is -1.82. The number of halogens is 1. The number of thiophene rings is 1. The molecule has 4 nitrogen and oxygen atoms in total. The minimum absolute atomic E-state index is 0. The van der Waals surface area contributed by atoms with E-state index in [1.807, 2.05) is 35.7 Å². The van der Waals surface area contributed by atoms with Crippen molar-refractivity contribution in [3.63, 3.8) is 0 Å². The number of hydrogen-bond donors (Lipinski definition) is 0. The SMILES string of the molecule is CCCCc1oc2ccccc2c1C(=O)c1cc(OCCN(CC)CC)cs1.Cl. The molecule has 0 spiro atoms. The molecule has 0 atom stereocenters. The molecular weight excluding hydrogens is 406 g/mol. The molecule has 0 unspecified atom stereocenters. The van der Waals surface area contributed by atoms with E-state index in [9.17, 15) is 4.79 Å². The number of aryl methyl sites for hydroxylation is 1. The number of ketones is 1. The van der Waals surface area contributed by atoms with Crippen LogP contribution in [0, 0.1) is 0 Å². The summed E-state index contributed by atoms with van der Waals surface area (Å²) in [6.45, 7) is 9.99. The lowest BCUT2D eigenvalue weighted by Crippen LogP contribution is -2.27. The maximum atomic E-state index is 13.3. The predicted octanol–water partition coefficient (Wildman–Crippen LogP) is 6.21. The second kappa shape index (κ2) is 11.4. The van der Waals surface area contributed by atoms with Gasteiger partial charge in [-0.3, -0.25) is 4.79 Å². The summed E-state index contributed by atoms with van der Waals surface area (Å²) < 4.78 is 11.9. The van der Waals surface area contributed by atoms with E-state index in [1.165, 1.54) is 11.3 Å². The molecule has 3 aromatic rings. The number of carbonyl (C=O) groups excluding carboxylic acids is 1. The fraction of sp³-hybridized carbons (Fsp3) is 0.435. The third kappa shape index (κ3) is 5.62. The Labute approximate surface area is 183 Å². The average Bonchev–Trinajstić information content (AvgIpc) is 3.33. The Bertz CT molecular complexity index is 914. The largest absolute Gasteiger partial charge is 0.491 e. The van der Waals surface area contributed by atoms with E-state index in [0.717, 1.165) is 61.4 Å². The number of unbranched alkanes of at least 4 members (excludes halogenated alkanes) is 1. The summed E-state index contributed by atoms with van der Waals surface area (Å²) in [6.07, 6.45) is 2.85. The number of likely N-dealkylation sites (N-methyl/N-ethyl adjacent to an activating group) is 1. The molecule has 0 N–H and O–H groups in total. The summed E-state index contributed by atoms with van der Waals surface area (Å²) in [7, 11) is 0. The Morgan fingerprint density at radius 3 is 2.66 bits per heavy atom. The minimum atomic E-state index is 0. The number of nitrogens with zero attached hydrogens (tertiary/aromatic N) is 1. The summed E-state index contributed by atoms with van der Waals surface area (Å²) >= 11 is 1.44. The molecule has 0 bridgehead atoms. The van der Waals surface area contributed by atoms with Crippen LogP contribution in [-0.2, 0) is 6.42 Å². The standard InChI is InChI=1S/C23H29NO3S.ClH/c1-4-7-11-20-22(18-10-8-9-12-19(18)27-20)23(25)21-15-17(16-28-21)26-14-13-24(5-2)6-3;/h8-10,12,15-16H,4-7,11,13-14H2,1-3H3;1H. The fourth-order valence-electron chi connectivity index (χ4n) is 3.33. The minimum Gasteiger partial charge on any atom is -0.491 e. The first kappa shape index (κ1) is 23.5. The quantitative estimate of drug-likeness (QED) is 0.336. The van der Waals surface area contributed by atoms with Gasteiger partial charge in [-0.25, -0.2) is 0 Å². The van der Waals surface area contributed by atoms with E-state index in [-0.39, 0.29) is 18.2 Å². The molecule has 0 amide bonds. The highest BCUT2D eigenvalue weighted by Gasteiger charge is 2.23. The summed E-state index contributed by atoms with van der Waals surface area (Å²) in [5, 5.41) is 2.82. The summed E-state index contributed by atoms with van der Waals surface area (Å²) in [5.74, 6) is 1.59. The van der Waals surface area contributed by atoms with Crippen LogP contribution < -0.4 is 4.74 Å². The summed E-state index contributed by atoms with van der Waals surface area (Å²) in [4.78, 5) is 16.3. The van der Waals surface area contributed by atoms with Crippen molar-refractivity contribution in [3.05, 3.63) is 51.9 Å². The Morgan fingerprint density at radius 2 is 1.93 bits per heavy atom. The van der Waals surface area contributed by atoms with E-state index < -0.39 is 0 Å². The zero-order chi connectivity index (χ0) is 19.9. The van der Waals surface area contributed by atoms with Gasteiger partial charge in [0.25, 0.3) is 0 Å². The molecule has 0 aliphatic heterocycles. The maximum absolute atomic E-state index is 13.3. The van der Waals surface area contributed by atoms with E-state index >= 15 is 0 Å². The number of fused-ring (bicyclic) bond motifs is 1. The van der Waals surface area contributed by atoms with Crippen molar-refractivity contribution < 1.29 is 13.9 Å². The van der Waals surface area contributed by atoms with E-state index in [2.05, 4.69) is 25.7 Å². The lowest BCUT2D eigenvalue weighted by Gasteiger charge is -2.17. The van der Waals surface area contributed by atoms with Gasteiger partial charge >= 0.3 is 0 Å². The van der Waals surface area contributed by atoms with Crippen LogP contribution in [0.4, 0.5) is 0 Å². The van der Waals surface area contributed by atoms with Crippen LogP contribution in [0.25, 0.3) is 11.0 Å². The first-order chi connectivity index (χ1) is 13.7. The molecule has 2 heterocycles. The van der Waals surface area contributed by atoms with E-state index in [1.54, 1.807) is 0 Å². The third-order valence-corrected chi connectivity index (χ3v) is 5.93. The molecule has 29 heavy (non-hydrogen) atoms. The van der Waals surface area contributed by atoms with Crippen molar-refractivity contribution in [2.45, 2.75) is 40.0 Å². The van der Waals surface area contributed by atoms with Crippen LogP contribution in [0.2, 0.25) is 0 Å². The molecule has 158 valence electrons. The number of furan rings is 1. The van der Waals surface area contributed by atoms with Gasteiger partial charge in [-0.1, -0.05) is 45.4 Å². The van der Waals surface area contributed by atoms with Crippen molar-refractivity contribution in [3.8, 4) is 5.75 Å². The van der Waals surface area contributed by atoms with Gasteiger partial charge < -0.3 is 14.1 Å². The second-order valence-corrected chi connectivity index (χ2v) is 7.76. The van der Waals surface area contributed by atoms with Crippen LogP contribution in [0.5, 0.6) is 5.75 Å². The monoisotopic (exact) mass is 435 g/mol. The van der Waals surface area contributed by atoms with Crippen LogP contribution >= 0.6 is 23.7 Å². The van der Waals surface area contributed by atoms with E-state index in [0.29, 0.717) is 17.0 Å². The molecular formula is C23H30ClNO3S. The molecule has 0 saturated heterocycles. The Kier molecular flexibility index (Phi) is 9.21. The van der Waals surface area contributed by atoms with Crippen molar-refractivity contribution in [2.75, 3.05) is 26.2 Å². The lowest BCUT2D eigenvalue weighted by atomic mass is 10.0. The summed E-state index contributed by atoms with van der Waals surface area (Å²) in [6, 6.07) is 9.65. The zero-order valence-electron chi connectivity index (χ0n) is 17.4. The molecule has 0 radical (unpaired) electrons. The first-order valence-corrected chi connectivity index (χ1v) is 11.0. The van der Waals surface area contributed by atoms with Gasteiger partial charge in [0.1, 0.15) is 23.7 Å². The average molecular weight is 436 g/mol. The van der Waals surface area contributed by atoms with Gasteiger partial charge in [-0.05, 0) is 25.6 Å². The maximum Gasteiger partial charge on any atom is 0.207 e. The topological polar surface area (TPSA) is 42.7 Å². The van der Waals surface area contributed by atoms with Crippen molar-refractivity contribution in [2.24, 2.45) is 0 Å². The van der Waals surface area contributed by atoms with Gasteiger partial charge in [0, 0.05) is 29.8 Å². The summed E-state index contributed by atoms with van der Waals surface area (Å²) in [5.41, 5.74) is 1.49.